The lowest BCUT2D eigenvalue weighted by Gasteiger charge is -2.47. The van der Waals surface area contributed by atoms with Gasteiger partial charge in [0.1, 0.15) is 11.5 Å². The van der Waals surface area contributed by atoms with Gasteiger partial charge >= 0.3 is 10.3 Å². The predicted molar refractivity (Wildman–Crippen MR) is 116 cm³/mol. The Morgan fingerprint density at radius 3 is 2.35 bits per heavy atom. The van der Waals surface area contributed by atoms with Gasteiger partial charge in [-0.2, -0.15) is 8.42 Å². The Labute approximate surface area is 182 Å². The number of hydrogen-bond acceptors (Lipinski definition) is 6. The molecule has 31 heavy (non-hydrogen) atoms. The molecule has 0 saturated carbocycles. The van der Waals surface area contributed by atoms with E-state index in [9.17, 15) is 17.8 Å². The molecule has 2 unspecified atom stereocenters. The van der Waals surface area contributed by atoms with Crippen molar-refractivity contribution in [3.8, 4) is 11.5 Å². The number of benzene rings is 2. The molecule has 2 aliphatic rings. The quantitative estimate of drug-likeness (QED) is 0.657. The van der Waals surface area contributed by atoms with E-state index in [0.29, 0.717) is 24.2 Å². The van der Waals surface area contributed by atoms with Crippen LogP contribution in [0.3, 0.4) is 0 Å². The highest BCUT2D eigenvalue weighted by molar-refractivity contribution is 7.84. The number of rotatable bonds is 6. The summed E-state index contributed by atoms with van der Waals surface area (Å²) >= 11 is 0. The lowest BCUT2D eigenvalue weighted by atomic mass is 9.69. The summed E-state index contributed by atoms with van der Waals surface area (Å²) in [6, 6.07) is 14.9. The molecule has 2 aromatic carbocycles. The van der Waals surface area contributed by atoms with Crippen molar-refractivity contribution in [2.75, 3.05) is 19.1 Å². The number of carbonyl (C=O) groups is 1. The number of fused-ring (bicyclic) bond motifs is 2. The highest BCUT2D eigenvalue weighted by Gasteiger charge is 2.54. The van der Waals surface area contributed by atoms with E-state index in [-0.39, 0.29) is 12.1 Å². The Bertz CT molecular complexity index is 1070. The molecule has 0 aromatic heterocycles. The van der Waals surface area contributed by atoms with Gasteiger partial charge in [0.25, 0.3) is 0 Å². The average Bonchev–Trinajstić information content (AvgIpc) is 3.02. The lowest BCUT2D eigenvalue weighted by Crippen LogP contribution is -2.56. The second-order valence-electron chi connectivity index (χ2n) is 8.09. The van der Waals surface area contributed by atoms with Gasteiger partial charge in [-0.05, 0) is 55.5 Å². The first-order chi connectivity index (χ1) is 14.8. The van der Waals surface area contributed by atoms with Crippen LogP contribution in [0.15, 0.2) is 48.5 Å². The molecule has 2 saturated heterocycles. The first-order valence-electron chi connectivity index (χ1n) is 10.1. The van der Waals surface area contributed by atoms with E-state index in [2.05, 4.69) is 4.90 Å². The topological polar surface area (TPSA) is 105 Å². The van der Waals surface area contributed by atoms with Gasteiger partial charge in [0.05, 0.1) is 25.3 Å². The maximum absolute atomic E-state index is 13.3. The standard InChI is InChI=1S/C22H26N2O6S/c1-29-18-7-5-6-15(12-18)22(21(25)23-31(26,27)28)13-16-10-11-17(14-22)24(16)19-8-3-4-9-20(19)30-2/h3-9,12,16-17H,10-11,13-14H2,1-2H3,(H,23,25)(H,26,27,28). The molecule has 9 heteroatoms. The van der Waals surface area contributed by atoms with E-state index >= 15 is 0 Å². The molecular weight excluding hydrogens is 420 g/mol. The Balaban J connectivity index is 1.77. The summed E-state index contributed by atoms with van der Waals surface area (Å²) in [7, 11) is -1.52. The van der Waals surface area contributed by atoms with Crippen LogP contribution in [-0.2, 0) is 20.5 Å². The van der Waals surface area contributed by atoms with Crippen LogP contribution in [0.1, 0.15) is 31.2 Å². The molecule has 8 nitrogen and oxygen atoms in total. The fourth-order valence-electron chi connectivity index (χ4n) is 5.17. The van der Waals surface area contributed by atoms with Crippen LogP contribution in [0.25, 0.3) is 0 Å². The fraction of sp³-hybridized carbons (Fsp3) is 0.409. The lowest BCUT2D eigenvalue weighted by molar-refractivity contribution is -0.126. The summed E-state index contributed by atoms with van der Waals surface area (Å²) in [6.45, 7) is 0. The number of ether oxygens (including phenoxy) is 2. The predicted octanol–water partition coefficient (Wildman–Crippen LogP) is 2.69. The largest absolute Gasteiger partial charge is 0.497 e. The number of amides is 1. The van der Waals surface area contributed by atoms with Gasteiger partial charge in [-0.3, -0.25) is 9.35 Å². The zero-order valence-corrected chi connectivity index (χ0v) is 18.3. The Morgan fingerprint density at radius 1 is 1.06 bits per heavy atom. The van der Waals surface area contributed by atoms with E-state index in [1.807, 2.05) is 35.1 Å². The third-order valence-corrected chi connectivity index (χ3v) is 6.87. The maximum atomic E-state index is 13.3. The Morgan fingerprint density at radius 2 is 1.74 bits per heavy atom. The van der Waals surface area contributed by atoms with E-state index in [1.165, 1.54) is 7.11 Å². The van der Waals surface area contributed by atoms with Gasteiger partial charge in [0, 0.05) is 12.1 Å². The minimum atomic E-state index is -4.69. The van der Waals surface area contributed by atoms with Crippen molar-refractivity contribution in [3.05, 3.63) is 54.1 Å². The van der Waals surface area contributed by atoms with Gasteiger partial charge in [-0.15, -0.1) is 0 Å². The smallest absolute Gasteiger partial charge is 0.359 e. The minimum absolute atomic E-state index is 0.00778. The second-order valence-corrected chi connectivity index (χ2v) is 9.25. The van der Waals surface area contributed by atoms with E-state index < -0.39 is 21.6 Å². The first kappa shape index (κ1) is 21.5. The van der Waals surface area contributed by atoms with E-state index in [4.69, 9.17) is 9.47 Å². The molecule has 0 aliphatic carbocycles. The Kier molecular flexibility index (Phi) is 5.57. The number of methoxy groups -OCH3 is 2. The van der Waals surface area contributed by atoms with Crippen LogP contribution in [0.2, 0.25) is 0 Å². The maximum Gasteiger partial charge on any atom is 0.359 e. The third kappa shape index (κ3) is 3.95. The number of hydrogen-bond donors (Lipinski definition) is 2. The molecule has 4 rings (SSSR count). The molecule has 1 amide bonds. The average molecular weight is 447 g/mol. The molecule has 0 radical (unpaired) electrons. The van der Waals surface area contributed by atoms with Gasteiger partial charge in [-0.1, -0.05) is 24.3 Å². The van der Waals surface area contributed by atoms with Crippen LogP contribution < -0.4 is 19.1 Å². The minimum Gasteiger partial charge on any atom is -0.497 e. The molecule has 2 aromatic rings. The summed E-state index contributed by atoms with van der Waals surface area (Å²) in [5.74, 6) is 0.617. The van der Waals surface area contributed by atoms with Crippen LogP contribution in [0, 0.1) is 0 Å². The summed E-state index contributed by atoms with van der Waals surface area (Å²) < 4.78 is 45.0. The van der Waals surface area contributed by atoms with Crippen molar-refractivity contribution in [3.63, 3.8) is 0 Å². The summed E-state index contributed by atoms with van der Waals surface area (Å²) in [6.07, 6.45) is 2.54. The van der Waals surface area contributed by atoms with Gasteiger partial charge < -0.3 is 14.4 Å². The van der Waals surface area contributed by atoms with Gasteiger partial charge in [0.15, 0.2) is 0 Å². The number of nitrogens with one attached hydrogen (secondary N) is 1. The number of piperidine rings is 1. The SMILES string of the molecule is COc1cccc(C2(C(=O)NS(=O)(=O)O)CC3CCC(C2)N3c2ccccc2OC)c1. The van der Waals surface area contributed by atoms with E-state index in [0.717, 1.165) is 24.3 Å². The molecule has 2 bridgehead atoms. The normalized spacial score (nSPS) is 25.2. The second kappa shape index (κ2) is 8.05. The number of anilines is 1. The molecule has 2 atom stereocenters. The highest BCUT2D eigenvalue weighted by atomic mass is 32.2. The summed E-state index contributed by atoms with van der Waals surface area (Å²) in [5.41, 5.74) is 0.519. The molecule has 2 N–H and O–H groups in total. The zero-order valence-electron chi connectivity index (χ0n) is 17.4. The molecule has 2 heterocycles. The summed E-state index contributed by atoms with van der Waals surface area (Å²) in [4.78, 5) is 15.6. The monoisotopic (exact) mass is 446 g/mol. The molecule has 0 spiro atoms. The molecular formula is C22H26N2O6S. The fourth-order valence-corrected chi connectivity index (χ4v) is 5.60. The Hall–Kier alpha value is -2.78. The van der Waals surface area contributed by atoms with E-state index in [1.54, 1.807) is 25.3 Å². The van der Waals surface area contributed by atoms with Crippen molar-refractivity contribution < 1.29 is 27.2 Å². The molecule has 166 valence electrons. The van der Waals surface area contributed by atoms with Gasteiger partial charge in [-0.25, -0.2) is 4.72 Å². The van der Waals surface area contributed by atoms with Gasteiger partial charge in [0.2, 0.25) is 5.91 Å². The number of carbonyl (C=O) groups excluding carboxylic acids is 1. The van der Waals surface area contributed by atoms with Crippen molar-refractivity contribution in [2.24, 2.45) is 0 Å². The van der Waals surface area contributed by atoms with Crippen LogP contribution >= 0.6 is 0 Å². The van der Waals surface area contributed by atoms with Crippen LogP contribution in [0.4, 0.5) is 5.69 Å². The van der Waals surface area contributed by atoms with Crippen LogP contribution in [0.5, 0.6) is 11.5 Å². The van der Waals surface area contributed by atoms with Crippen molar-refractivity contribution in [2.45, 2.75) is 43.2 Å². The van der Waals surface area contributed by atoms with Crippen molar-refractivity contribution in [1.29, 1.82) is 0 Å². The number of nitrogens with zero attached hydrogens (tertiary/aromatic N) is 1. The highest BCUT2D eigenvalue weighted by Crippen LogP contribution is 2.51. The zero-order chi connectivity index (χ0) is 22.2. The third-order valence-electron chi connectivity index (χ3n) is 6.43. The first-order valence-corrected chi connectivity index (χ1v) is 11.6. The summed E-state index contributed by atoms with van der Waals surface area (Å²) in [5, 5.41) is 0. The molecule has 2 aliphatic heterocycles. The number of para-hydroxylation sites is 2. The van der Waals surface area contributed by atoms with Crippen molar-refractivity contribution >= 4 is 21.9 Å². The molecule has 2 fully saturated rings. The van der Waals surface area contributed by atoms with Crippen molar-refractivity contribution in [1.82, 2.24) is 4.72 Å². The van der Waals surface area contributed by atoms with Crippen LogP contribution in [-0.4, -0.2) is 45.2 Å².